The van der Waals surface area contributed by atoms with Crippen molar-refractivity contribution >= 4 is 17.5 Å². The van der Waals surface area contributed by atoms with Gasteiger partial charge in [0.25, 0.3) is 11.8 Å². The summed E-state index contributed by atoms with van der Waals surface area (Å²) in [5.41, 5.74) is 0.827. The molecule has 0 saturated heterocycles. The van der Waals surface area contributed by atoms with Gasteiger partial charge in [0.05, 0.1) is 0 Å². The van der Waals surface area contributed by atoms with E-state index < -0.39 is 17.5 Å². The molecule has 2 rings (SSSR count). The number of hydrogen-bond acceptors (Lipinski definition) is 2. The number of hydrogen-bond donors (Lipinski definition) is 2. The van der Waals surface area contributed by atoms with Crippen molar-refractivity contribution in [2.24, 2.45) is 0 Å². The van der Waals surface area contributed by atoms with Crippen molar-refractivity contribution in [3.63, 3.8) is 0 Å². The van der Waals surface area contributed by atoms with E-state index in [0.29, 0.717) is 12.1 Å². The highest BCUT2D eigenvalue weighted by Crippen LogP contribution is 2.14. The van der Waals surface area contributed by atoms with E-state index >= 15 is 0 Å². The second-order valence-electron chi connectivity index (χ2n) is 4.66. The van der Waals surface area contributed by atoms with Crippen LogP contribution in [-0.2, 0) is 0 Å². The number of rotatable bonds is 5. The van der Waals surface area contributed by atoms with Crippen molar-refractivity contribution in [3.8, 4) is 0 Å². The van der Waals surface area contributed by atoms with E-state index in [4.69, 9.17) is 0 Å². The fourth-order valence-corrected chi connectivity index (χ4v) is 1.82. The Hall–Kier alpha value is -3.02. The normalized spacial score (nSPS) is 10.0. The lowest BCUT2D eigenvalue weighted by molar-refractivity contribution is 0.0956. The highest BCUT2D eigenvalue weighted by molar-refractivity contribution is 6.05. The first-order valence-electron chi connectivity index (χ1n) is 6.77. The molecule has 2 aromatic carbocycles. The van der Waals surface area contributed by atoms with Crippen LogP contribution in [0, 0.1) is 11.6 Å². The van der Waals surface area contributed by atoms with Crippen LogP contribution < -0.4 is 10.6 Å². The van der Waals surface area contributed by atoms with E-state index in [9.17, 15) is 18.4 Å². The van der Waals surface area contributed by atoms with Crippen molar-refractivity contribution in [3.05, 3.63) is 77.9 Å². The van der Waals surface area contributed by atoms with Crippen LogP contribution in [0.5, 0.6) is 0 Å². The second kappa shape index (κ2) is 7.31. The number of carbonyl (C=O) groups excluding carboxylic acids is 2. The summed E-state index contributed by atoms with van der Waals surface area (Å²) < 4.78 is 25.9. The molecule has 0 bridgehead atoms. The van der Waals surface area contributed by atoms with E-state index in [2.05, 4.69) is 17.2 Å². The topological polar surface area (TPSA) is 58.2 Å². The van der Waals surface area contributed by atoms with Crippen LogP contribution in [0.25, 0.3) is 0 Å². The zero-order valence-corrected chi connectivity index (χ0v) is 12.1. The quantitative estimate of drug-likeness (QED) is 0.833. The van der Waals surface area contributed by atoms with E-state index in [1.165, 1.54) is 30.3 Å². The minimum absolute atomic E-state index is 0.140. The average molecular weight is 316 g/mol. The molecule has 0 radical (unpaired) electrons. The maximum atomic E-state index is 13.1. The zero-order valence-electron chi connectivity index (χ0n) is 12.1. The van der Waals surface area contributed by atoms with Gasteiger partial charge < -0.3 is 10.6 Å². The number of halogens is 2. The Morgan fingerprint density at radius 3 is 2.13 bits per heavy atom. The summed E-state index contributed by atoms with van der Waals surface area (Å²) in [6.45, 7) is 3.84. The van der Waals surface area contributed by atoms with E-state index in [1.807, 2.05) is 0 Å². The second-order valence-corrected chi connectivity index (χ2v) is 4.66. The first-order chi connectivity index (χ1) is 11.0. The van der Waals surface area contributed by atoms with Crippen molar-refractivity contribution in [2.75, 3.05) is 11.9 Å². The summed E-state index contributed by atoms with van der Waals surface area (Å²) in [5.74, 6) is -2.80. The van der Waals surface area contributed by atoms with Gasteiger partial charge in [0, 0.05) is 29.4 Å². The van der Waals surface area contributed by atoms with E-state index in [0.717, 1.165) is 12.1 Å². The Morgan fingerprint density at radius 2 is 1.57 bits per heavy atom. The van der Waals surface area contributed by atoms with E-state index in [-0.39, 0.29) is 17.2 Å². The Balaban J connectivity index is 2.06. The van der Waals surface area contributed by atoms with Crippen molar-refractivity contribution in [1.82, 2.24) is 5.32 Å². The molecule has 0 aromatic heterocycles. The monoisotopic (exact) mass is 316 g/mol. The number of nitrogens with one attached hydrogen (secondary N) is 2. The minimum Gasteiger partial charge on any atom is -0.349 e. The van der Waals surface area contributed by atoms with Gasteiger partial charge >= 0.3 is 0 Å². The van der Waals surface area contributed by atoms with Crippen LogP contribution in [0.3, 0.4) is 0 Å². The lowest BCUT2D eigenvalue weighted by Gasteiger charge is -2.07. The highest BCUT2D eigenvalue weighted by atomic mass is 19.2. The van der Waals surface area contributed by atoms with Gasteiger partial charge in [0.1, 0.15) is 0 Å². The lowest BCUT2D eigenvalue weighted by atomic mass is 10.1. The molecule has 4 nitrogen and oxygen atoms in total. The number of anilines is 1. The van der Waals surface area contributed by atoms with Gasteiger partial charge in [-0.2, -0.15) is 0 Å². The van der Waals surface area contributed by atoms with Crippen molar-refractivity contribution in [1.29, 1.82) is 0 Å². The maximum Gasteiger partial charge on any atom is 0.255 e. The summed E-state index contributed by atoms with van der Waals surface area (Å²) in [7, 11) is 0. The molecular formula is C17H14F2N2O2. The standard InChI is InChI=1S/C17H14F2N2O2/c1-2-9-20-16(22)11-3-5-12(6-4-11)17(23)21-13-7-8-14(18)15(19)10-13/h2-8,10H,1,9H2,(H,20,22)(H,21,23). The fourth-order valence-electron chi connectivity index (χ4n) is 1.82. The number of carbonyl (C=O) groups is 2. The molecule has 2 aromatic rings. The van der Waals surface area contributed by atoms with Gasteiger partial charge in [-0.25, -0.2) is 8.78 Å². The maximum absolute atomic E-state index is 13.1. The molecule has 2 N–H and O–H groups in total. The van der Waals surface area contributed by atoms with Gasteiger partial charge in [-0.15, -0.1) is 6.58 Å². The minimum atomic E-state index is -1.04. The van der Waals surface area contributed by atoms with Gasteiger partial charge in [-0.05, 0) is 36.4 Å². The largest absolute Gasteiger partial charge is 0.349 e. The van der Waals surface area contributed by atoms with E-state index in [1.54, 1.807) is 6.08 Å². The lowest BCUT2D eigenvalue weighted by Crippen LogP contribution is -2.23. The summed E-state index contributed by atoms with van der Waals surface area (Å²) in [6.07, 6.45) is 1.56. The molecule has 118 valence electrons. The zero-order chi connectivity index (χ0) is 16.8. The third-order valence-corrected chi connectivity index (χ3v) is 2.99. The molecule has 0 heterocycles. The molecule has 0 spiro atoms. The summed E-state index contributed by atoms with van der Waals surface area (Å²) in [5, 5.41) is 5.06. The molecule has 0 unspecified atom stereocenters. The summed E-state index contributed by atoms with van der Waals surface area (Å²) in [4.78, 5) is 23.7. The SMILES string of the molecule is C=CCNC(=O)c1ccc(C(=O)Nc2ccc(F)c(F)c2)cc1. The predicted molar refractivity (Wildman–Crippen MR) is 83.3 cm³/mol. The molecule has 6 heteroatoms. The number of amides is 2. The molecule has 0 atom stereocenters. The van der Waals surface area contributed by atoms with Crippen LogP contribution in [0.2, 0.25) is 0 Å². The highest BCUT2D eigenvalue weighted by Gasteiger charge is 2.10. The summed E-state index contributed by atoms with van der Waals surface area (Å²) in [6, 6.07) is 9.02. The summed E-state index contributed by atoms with van der Waals surface area (Å²) >= 11 is 0. The third-order valence-electron chi connectivity index (χ3n) is 2.99. The fraction of sp³-hybridized carbons (Fsp3) is 0.0588. The molecular weight excluding hydrogens is 302 g/mol. The molecule has 23 heavy (non-hydrogen) atoms. The predicted octanol–water partition coefficient (Wildman–Crippen LogP) is 3.13. The molecule has 0 aliphatic carbocycles. The van der Waals surface area contributed by atoms with Crippen LogP contribution in [0.15, 0.2) is 55.1 Å². The number of benzene rings is 2. The van der Waals surface area contributed by atoms with Crippen LogP contribution in [0.4, 0.5) is 14.5 Å². The van der Waals surface area contributed by atoms with Crippen molar-refractivity contribution < 1.29 is 18.4 Å². The Labute approximate surface area is 131 Å². The molecule has 0 aliphatic rings. The van der Waals surface area contributed by atoms with Crippen molar-refractivity contribution in [2.45, 2.75) is 0 Å². The first kappa shape index (κ1) is 16.4. The first-order valence-corrected chi connectivity index (χ1v) is 6.77. The molecule has 0 aliphatic heterocycles. The molecule has 0 fully saturated rings. The average Bonchev–Trinajstić information content (AvgIpc) is 2.56. The molecule has 0 saturated carbocycles. The van der Waals surface area contributed by atoms with Crippen LogP contribution in [-0.4, -0.2) is 18.4 Å². The smallest absolute Gasteiger partial charge is 0.255 e. The van der Waals surface area contributed by atoms with Gasteiger partial charge in [0.15, 0.2) is 11.6 Å². The van der Waals surface area contributed by atoms with Crippen LogP contribution >= 0.6 is 0 Å². The van der Waals surface area contributed by atoms with Gasteiger partial charge in [0.2, 0.25) is 0 Å². The van der Waals surface area contributed by atoms with Crippen LogP contribution in [0.1, 0.15) is 20.7 Å². The Bertz CT molecular complexity index is 743. The third kappa shape index (κ3) is 4.23. The van der Waals surface area contributed by atoms with Gasteiger partial charge in [-0.1, -0.05) is 6.08 Å². The van der Waals surface area contributed by atoms with Gasteiger partial charge in [-0.3, -0.25) is 9.59 Å². The Kier molecular flexibility index (Phi) is 5.19. The Morgan fingerprint density at radius 1 is 0.957 bits per heavy atom. The molecule has 2 amide bonds.